The van der Waals surface area contributed by atoms with E-state index in [-0.39, 0.29) is 11.9 Å². The fourth-order valence-corrected chi connectivity index (χ4v) is 5.21. The quantitative estimate of drug-likeness (QED) is 0.283. The van der Waals surface area contributed by atoms with Gasteiger partial charge in [0, 0.05) is 54.5 Å². The summed E-state index contributed by atoms with van der Waals surface area (Å²) in [5.74, 6) is 2.65. The predicted molar refractivity (Wildman–Crippen MR) is 153 cm³/mol. The highest BCUT2D eigenvalue weighted by atomic mass is 16.5. The summed E-state index contributed by atoms with van der Waals surface area (Å²) in [5.41, 5.74) is 10.5. The van der Waals surface area contributed by atoms with Gasteiger partial charge < -0.3 is 24.5 Å². The maximum Gasteiger partial charge on any atom is 0.219 e. The van der Waals surface area contributed by atoms with E-state index in [4.69, 9.17) is 19.6 Å². The molecule has 0 spiro atoms. The van der Waals surface area contributed by atoms with E-state index in [1.54, 1.807) is 20.2 Å². The molecule has 0 unspecified atom stereocenters. The van der Waals surface area contributed by atoms with Crippen LogP contribution in [-0.2, 0) is 11.4 Å². The second kappa shape index (κ2) is 10.8. The Labute approximate surface area is 232 Å². The van der Waals surface area contributed by atoms with Gasteiger partial charge in [-0.1, -0.05) is 24.3 Å². The smallest absolute Gasteiger partial charge is 0.219 e. The molecule has 9 nitrogen and oxygen atoms in total. The molecule has 2 N–H and O–H groups in total. The van der Waals surface area contributed by atoms with Crippen molar-refractivity contribution in [1.82, 2.24) is 19.7 Å². The Bertz CT molecular complexity index is 1670. The zero-order chi connectivity index (χ0) is 27.6. The first-order chi connectivity index (χ1) is 19.5. The number of aromatic nitrogens is 3. The summed E-state index contributed by atoms with van der Waals surface area (Å²) in [4.78, 5) is 18.0. The zero-order valence-electron chi connectivity index (χ0n) is 22.5. The fourth-order valence-electron chi connectivity index (χ4n) is 5.21. The van der Waals surface area contributed by atoms with Crippen molar-refractivity contribution < 1.29 is 18.7 Å². The van der Waals surface area contributed by atoms with Gasteiger partial charge in [0.15, 0.2) is 11.4 Å². The summed E-state index contributed by atoms with van der Waals surface area (Å²) < 4.78 is 19.6. The summed E-state index contributed by atoms with van der Waals surface area (Å²) in [6.45, 7) is 3.53. The van der Waals surface area contributed by atoms with Gasteiger partial charge in [-0.15, -0.1) is 0 Å². The van der Waals surface area contributed by atoms with E-state index in [2.05, 4.69) is 10.1 Å². The number of carbonyl (C=O) groups is 1. The number of ether oxygens (including phenoxy) is 2. The minimum Gasteiger partial charge on any atom is -0.497 e. The lowest BCUT2D eigenvalue weighted by atomic mass is 10.0. The Kier molecular flexibility index (Phi) is 6.86. The molecule has 1 aliphatic rings. The van der Waals surface area contributed by atoms with Crippen molar-refractivity contribution in [2.24, 2.45) is 0 Å². The number of rotatable bonds is 7. The van der Waals surface area contributed by atoms with E-state index < -0.39 is 0 Å². The van der Waals surface area contributed by atoms with Gasteiger partial charge in [0.25, 0.3) is 0 Å². The molecule has 2 aromatic carbocycles. The molecule has 1 fully saturated rings. The molecule has 1 saturated heterocycles. The molecule has 0 atom stereocenters. The molecule has 1 aliphatic heterocycles. The van der Waals surface area contributed by atoms with E-state index in [1.165, 1.54) is 0 Å². The van der Waals surface area contributed by atoms with Gasteiger partial charge in [-0.05, 0) is 48.7 Å². The van der Waals surface area contributed by atoms with Crippen LogP contribution in [0.1, 0.15) is 31.4 Å². The van der Waals surface area contributed by atoms with Crippen molar-refractivity contribution in [2.75, 3.05) is 25.9 Å². The first kappa shape index (κ1) is 25.5. The third-order valence-corrected chi connectivity index (χ3v) is 7.44. The molecule has 9 heteroatoms. The van der Waals surface area contributed by atoms with Crippen LogP contribution in [0.25, 0.3) is 33.4 Å². The number of nitrogen functional groups attached to an aromatic ring is 1. The summed E-state index contributed by atoms with van der Waals surface area (Å²) >= 11 is 0. The average Bonchev–Trinajstić information content (AvgIpc) is 3.66. The standard InChI is InChI=1S/C31H31N5O4/c1-20(37)35-11-9-24(10-12-35)36-18-23(16-34-36)28-17-33-31(32)30-27(28)15-29(40-30)22-6-4-8-26(14-22)39-19-21-5-3-7-25(13-21)38-2/h3-8,13-18,24H,9-12,19H2,1-2H3,(H2,32,33). The van der Waals surface area contributed by atoms with Crippen molar-refractivity contribution in [1.29, 1.82) is 0 Å². The second-order valence-electron chi connectivity index (χ2n) is 10.0. The lowest BCUT2D eigenvalue weighted by Crippen LogP contribution is -2.37. The number of likely N-dealkylation sites (tertiary alicyclic amines) is 1. The van der Waals surface area contributed by atoms with Crippen LogP contribution in [0, 0.1) is 0 Å². The van der Waals surface area contributed by atoms with Gasteiger partial charge >= 0.3 is 0 Å². The molecule has 3 aromatic heterocycles. The maximum atomic E-state index is 11.7. The summed E-state index contributed by atoms with van der Waals surface area (Å²) in [7, 11) is 1.65. The van der Waals surface area contributed by atoms with Crippen molar-refractivity contribution >= 4 is 22.7 Å². The van der Waals surface area contributed by atoms with Crippen LogP contribution in [0.2, 0.25) is 0 Å². The van der Waals surface area contributed by atoms with Gasteiger partial charge in [0.05, 0.1) is 19.3 Å². The molecular weight excluding hydrogens is 506 g/mol. The van der Waals surface area contributed by atoms with Crippen molar-refractivity contribution in [3.8, 4) is 33.9 Å². The van der Waals surface area contributed by atoms with Crippen molar-refractivity contribution in [2.45, 2.75) is 32.4 Å². The van der Waals surface area contributed by atoms with Crippen LogP contribution in [0.15, 0.2) is 77.6 Å². The number of fused-ring (bicyclic) bond motifs is 1. The normalized spacial score (nSPS) is 14.0. The van der Waals surface area contributed by atoms with Gasteiger partial charge in [-0.25, -0.2) is 4.98 Å². The van der Waals surface area contributed by atoms with E-state index in [0.29, 0.717) is 23.8 Å². The number of methoxy groups -OCH3 is 1. The number of carbonyl (C=O) groups excluding carboxylic acids is 1. The minimum atomic E-state index is 0.125. The highest BCUT2D eigenvalue weighted by Gasteiger charge is 2.23. The Morgan fingerprint density at radius 1 is 1.05 bits per heavy atom. The van der Waals surface area contributed by atoms with Crippen LogP contribution in [0.5, 0.6) is 11.5 Å². The molecule has 0 saturated carbocycles. The van der Waals surface area contributed by atoms with Gasteiger partial charge in [0.1, 0.15) is 23.9 Å². The second-order valence-corrected chi connectivity index (χ2v) is 10.0. The molecule has 1 amide bonds. The highest BCUT2D eigenvalue weighted by molar-refractivity contribution is 6.00. The van der Waals surface area contributed by atoms with Gasteiger partial charge in [0.2, 0.25) is 5.91 Å². The van der Waals surface area contributed by atoms with E-state index in [0.717, 1.165) is 65.1 Å². The molecule has 40 heavy (non-hydrogen) atoms. The Morgan fingerprint density at radius 2 is 1.85 bits per heavy atom. The lowest BCUT2D eigenvalue weighted by molar-refractivity contribution is -0.130. The summed E-state index contributed by atoms with van der Waals surface area (Å²) in [5, 5.41) is 5.52. The van der Waals surface area contributed by atoms with Crippen LogP contribution >= 0.6 is 0 Å². The molecule has 5 aromatic rings. The molecular formula is C31H31N5O4. The number of anilines is 1. The monoisotopic (exact) mass is 537 g/mol. The number of nitrogens with zero attached hydrogens (tertiary/aromatic N) is 4. The summed E-state index contributed by atoms with van der Waals surface area (Å²) in [6.07, 6.45) is 7.42. The Balaban J connectivity index is 1.24. The van der Waals surface area contributed by atoms with Gasteiger partial charge in [-0.2, -0.15) is 5.10 Å². The number of benzene rings is 2. The first-order valence-corrected chi connectivity index (χ1v) is 13.3. The van der Waals surface area contributed by atoms with Crippen LogP contribution < -0.4 is 15.2 Å². The van der Waals surface area contributed by atoms with E-state index in [1.807, 2.05) is 76.6 Å². The molecule has 4 heterocycles. The van der Waals surface area contributed by atoms with Crippen molar-refractivity contribution in [3.63, 3.8) is 0 Å². The molecule has 0 radical (unpaired) electrons. The number of piperidine rings is 1. The van der Waals surface area contributed by atoms with Crippen LogP contribution in [0.4, 0.5) is 5.82 Å². The topological polar surface area (TPSA) is 109 Å². The molecule has 0 aliphatic carbocycles. The average molecular weight is 538 g/mol. The predicted octanol–water partition coefficient (Wildman–Crippen LogP) is 5.71. The zero-order valence-corrected chi connectivity index (χ0v) is 22.5. The number of furan rings is 1. The lowest BCUT2D eigenvalue weighted by Gasteiger charge is -2.31. The van der Waals surface area contributed by atoms with Crippen LogP contribution in [0.3, 0.4) is 0 Å². The largest absolute Gasteiger partial charge is 0.497 e. The number of pyridine rings is 1. The maximum absolute atomic E-state index is 11.7. The number of amides is 1. The Hall–Kier alpha value is -4.79. The fraction of sp³-hybridized carbons (Fsp3) is 0.258. The number of hydrogen-bond donors (Lipinski definition) is 1. The van der Waals surface area contributed by atoms with E-state index in [9.17, 15) is 4.79 Å². The van der Waals surface area contributed by atoms with Gasteiger partial charge in [-0.3, -0.25) is 9.48 Å². The Morgan fingerprint density at radius 3 is 2.65 bits per heavy atom. The SMILES string of the molecule is COc1cccc(COc2cccc(-c3cc4c(-c5cnn(C6CCN(C(C)=O)CC6)c5)cnc(N)c4o3)c2)c1. The molecule has 6 rings (SSSR count). The van der Waals surface area contributed by atoms with Crippen molar-refractivity contribution in [3.05, 3.63) is 78.8 Å². The molecule has 0 bridgehead atoms. The van der Waals surface area contributed by atoms with E-state index >= 15 is 0 Å². The number of nitrogens with two attached hydrogens (primary N) is 1. The highest BCUT2D eigenvalue weighted by Crippen LogP contribution is 2.37. The summed E-state index contributed by atoms with van der Waals surface area (Å²) in [6, 6.07) is 17.8. The first-order valence-electron chi connectivity index (χ1n) is 13.3. The van der Waals surface area contributed by atoms with Crippen LogP contribution in [-0.4, -0.2) is 45.8 Å². The minimum absolute atomic E-state index is 0.125. The molecule has 204 valence electrons. The third kappa shape index (κ3) is 5.10. The number of hydrogen-bond acceptors (Lipinski definition) is 7. The third-order valence-electron chi connectivity index (χ3n) is 7.44.